The fourth-order valence-electron chi connectivity index (χ4n) is 1.99. The van der Waals surface area contributed by atoms with Gasteiger partial charge in [0.05, 0.1) is 0 Å². The molecule has 0 atom stereocenters. The molecule has 0 saturated heterocycles. The average Bonchev–Trinajstić information content (AvgIpc) is 2.25. The Labute approximate surface area is 99.2 Å². The topological polar surface area (TPSA) is 24.1 Å². The molecule has 0 aromatic rings. The first-order valence-electron chi connectivity index (χ1n) is 6.20. The number of hydrogen-bond donors (Lipinski definition) is 2. The summed E-state index contributed by atoms with van der Waals surface area (Å²) >= 11 is 5.22. The minimum Gasteiger partial charge on any atom is -0.362 e. The minimum atomic E-state index is 0.652. The van der Waals surface area contributed by atoms with Crippen LogP contribution in [0.3, 0.4) is 0 Å². The summed E-state index contributed by atoms with van der Waals surface area (Å²) in [4.78, 5) is 0. The van der Waals surface area contributed by atoms with Gasteiger partial charge in [0.15, 0.2) is 5.11 Å². The van der Waals surface area contributed by atoms with Gasteiger partial charge in [-0.15, -0.1) is 0 Å². The molecule has 0 aromatic heterocycles. The Morgan fingerprint density at radius 1 is 1.20 bits per heavy atom. The Hall–Kier alpha value is -0.310. The third kappa shape index (κ3) is 5.98. The van der Waals surface area contributed by atoms with Crippen LogP contribution in [0.5, 0.6) is 0 Å². The van der Waals surface area contributed by atoms with E-state index in [4.69, 9.17) is 12.2 Å². The fourth-order valence-corrected chi connectivity index (χ4v) is 2.15. The molecule has 15 heavy (non-hydrogen) atoms. The molecule has 3 heteroatoms. The third-order valence-electron chi connectivity index (χ3n) is 2.95. The van der Waals surface area contributed by atoms with Gasteiger partial charge in [-0.25, -0.2) is 0 Å². The van der Waals surface area contributed by atoms with Crippen LogP contribution in [0.2, 0.25) is 0 Å². The van der Waals surface area contributed by atoms with Gasteiger partial charge >= 0.3 is 0 Å². The van der Waals surface area contributed by atoms with Crippen molar-refractivity contribution < 1.29 is 0 Å². The molecule has 0 bridgehead atoms. The lowest BCUT2D eigenvalue weighted by molar-refractivity contribution is 0.356. The van der Waals surface area contributed by atoms with Crippen LogP contribution in [-0.4, -0.2) is 18.2 Å². The van der Waals surface area contributed by atoms with Crippen LogP contribution in [0.15, 0.2) is 0 Å². The summed E-state index contributed by atoms with van der Waals surface area (Å²) in [6.07, 6.45) is 6.98. The summed E-state index contributed by atoms with van der Waals surface area (Å²) in [6.45, 7) is 6.41. The molecule has 88 valence electrons. The highest BCUT2D eigenvalue weighted by molar-refractivity contribution is 7.80. The lowest BCUT2D eigenvalue weighted by atomic mass is 9.89. The maximum atomic E-state index is 5.22. The zero-order valence-electron chi connectivity index (χ0n) is 10.0. The molecule has 0 unspecified atom stereocenters. The van der Waals surface area contributed by atoms with Crippen LogP contribution in [0.4, 0.5) is 0 Å². The molecule has 2 nitrogen and oxygen atoms in total. The number of nitrogens with one attached hydrogen (secondary N) is 2. The molecule has 0 aliphatic heterocycles. The van der Waals surface area contributed by atoms with Crippen molar-refractivity contribution in [2.45, 2.75) is 46.0 Å². The van der Waals surface area contributed by atoms with Crippen molar-refractivity contribution in [3.05, 3.63) is 0 Å². The fraction of sp³-hybridized carbons (Fsp3) is 0.917. The molecular formula is C12H24N2S. The van der Waals surface area contributed by atoms with Gasteiger partial charge in [0.1, 0.15) is 0 Å². The molecule has 0 heterocycles. The Morgan fingerprint density at radius 2 is 1.87 bits per heavy atom. The van der Waals surface area contributed by atoms with Crippen molar-refractivity contribution >= 4 is 17.3 Å². The van der Waals surface area contributed by atoms with E-state index in [9.17, 15) is 0 Å². The van der Waals surface area contributed by atoms with Crippen molar-refractivity contribution in [3.63, 3.8) is 0 Å². The highest BCUT2D eigenvalue weighted by atomic mass is 32.1. The molecule has 1 rings (SSSR count). The first-order chi connectivity index (χ1) is 7.18. The zero-order valence-corrected chi connectivity index (χ0v) is 10.8. The molecule has 0 aromatic carbocycles. The van der Waals surface area contributed by atoms with E-state index in [1.807, 2.05) is 0 Å². The zero-order chi connectivity index (χ0) is 11.1. The van der Waals surface area contributed by atoms with Gasteiger partial charge < -0.3 is 10.6 Å². The number of thiocarbonyl (C=S) groups is 1. The number of hydrogen-bond acceptors (Lipinski definition) is 1. The Morgan fingerprint density at radius 3 is 2.47 bits per heavy atom. The summed E-state index contributed by atoms with van der Waals surface area (Å²) in [5.74, 6) is 1.50. The monoisotopic (exact) mass is 228 g/mol. The van der Waals surface area contributed by atoms with E-state index < -0.39 is 0 Å². The van der Waals surface area contributed by atoms with E-state index in [1.165, 1.54) is 32.1 Å². The first kappa shape index (κ1) is 12.8. The largest absolute Gasteiger partial charge is 0.362 e. The summed E-state index contributed by atoms with van der Waals surface area (Å²) in [5.41, 5.74) is 0. The Kier molecular flexibility index (Phi) is 5.99. The highest BCUT2D eigenvalue weighted by Gasteiger charge is 2.13. The van der Waals surface area contributed by atoms with E-state index in [0.29, 0.717) is 5.92 Å². The maximum Gasteiger partial charge on any atom is 0.166 e. The number of rotatable bonds is 4. The van der Waals surface area contributed by atoms with E-state index in [0.717, 1.165) is 24.1 Å². The van der Waals surface area contributed by atoms with Crippen LogP contribution in [0, 0.1) is 11.8 Å². The molecule has 0 amide bonds. The first-order valence-corrected chi connectivity index (χ1v) is 6.61. The summed E-state index contributed by atoms with van der Waals surface area (Å²) in [6, 6.07) is 0. The predicted molar refractivity (Wildman–Crippen MR) is 70.0 cm³/mol. The minimum absolute atomic E-state index is 0.652. The molecule has 1 saturated carbocycles. The molecule has 0 spiro atoms. The molecule has 2 N–H and O–H groups in total. The Balaban J connectivity index is 2.05. The van der Waals surface area contributed by atoms with E-state index in [1.54, 1.807) is 0 Å². The molecular weight excluding hydrogens is 204 g/mol. The van der Waals surface area contributed by atoms with Gasteiger partial charge in [-0.2, -0.15) is 0 Å². The van der Waals surface area contributed by atoms with Crippen LogP contribution in [-0.2, 0) is 0 Å². The second-order valence-corrected chi connectivity index (χ2v) is 5.40. The van der Waals surface area contributed by atoms with Crippen molar-refractivity contribution in [2.24, 2.45) is 11.8 Å². The normalized spacial score (nSPS) is 17.8. The van der Waals surface area contributed by atoms with Gasteiger partial charge in [0, 0.05) is 13.1 Å². The van der Waals surface area contributed by atoms with Gasteiger partial charge in [-0.05, 0) is 36.9 Å². The van der Waals surface area contributed by atoms with E-state index in [-0.39, 0.29) is 0 Å². The Bertz CT molecular complexity index is 186. The van der Waals surface area contributed by atoms with Crippen molar-refractivity contribution in [2.75, 3.05) is 13.1 Å². The second kappa shape index (κ2) is 7.04. The summed E-state index contributed by atoms with van der Waals surface area (Å²) in [5, 5.41) is 7.40. The van der Waals surface area contributed by atoms with Crippen LogP contribution < -0.4 is 10.6 Å². The van der Waals surface area contributed by atoms with E-state index >= 15 is 0 Å². The SMILES string of the molecule is CC(C)CNC(=S)NCC1CCCCC1. The average molecular weight is 228 g/mol. The lowest BCUT2D eigenvalue weighted by Gasteiger charge is -2.22. The third-order valence-corrected chi connectivity index (χ3v) is 3.24. The van der Waals surface area contributed by atoms with E-state index in [2.05, 4.69) is 24.5 Å². The van der Waals surface area contributed by atoms with Crippen LogP contribution in [0.25, 0.3) is 0 Å². The highest BCUT2D eigenvalue weighted by Crippen LogP contribution is 2.22. The van der Waals surface area contributed by atoms with Gasteiger partial charge in [0.25, 0.3) is 0 Å². The van der Waals surface area contributed by atoms with Gasteiger partial charge in [-0.1, -0.05) is 33.1 Å². The lowest BCUT2D eigenvalue weighted by Crippen LogP contribution is -2.39. The molecule has 0 radical (unpaired) electrons. The van der Waals surface area contributed by atoms with Gasteiger partial charge in [-0.3, -0.25) is 0 Å². The maximum absolute atomic E-state index is 5.22. The summed E-state index contributed by atoms with van der Waals surface area (Å²) < 4.78 is 0. The van der Waals surface area contributed by atoms with Crippen molar-refractivity contribution in [1.29, 1.82) is 0 Å². The second-order valence-electron chi connectivity index (χ2n) is 4.99. The van der Waals surface area contributed by atoms with Gasteiger partial charge in [0.2, 0.25) is 0 Å². The molecule has 1 aliphatic carbocycles. The standard InChI is InChI=1S/C12H24N2S/c1-10(2)8-13-12(15)14-9-11-6-4-3-5-7-11/h10-11H,3-9H2,1-2H3,(H2,13,14,15). The smallest absolute Gasteiger partial charge is 0.166 e. The molecule has 1 fully saturated rings. The quantitative estimate of drug-likeness (QED) is 0.724. The van der Waals surface area contributed by atoms with Crippen LogP contribution >= 0.6 is 12.2 Å². The van der Waals surface area contributed by atoms with Crippen molar-refractivity contribution in [1.82, 2.24) is 10.6 Å². The van der Waals surface area contributed by atoms with Crippen LogP contribution in [0.1, 0.15) is 46.0 Å². The molecule has 1 aliphatic rings. The van der Waals surface area contributed by atoms with Crippen molar-refractivity contribution in [3.8, 4) is 0 Å². The summed E-state index contributed by atoms with van der Waals surface area (Å²) in [7, 11) is 0. The predicted octanol–water partition coefficient (Wildman–Crippen LogP) is 2.69.